The third kappa shape index (κ3) is 5.68. The normalized spacial score (nSPS) is 23.9. The van der Waals surface area contributed by atoms with Gasteiger partial charge in [0.2, 0.25) is 0 Å². The van der Waals surface area contributed by atoms with Crippen LogP contribution in [-0.4, -0.2) is 33.4 Å². The molecule has 1 rings (SSSR count). The predicted molar refractivity (Wildman–Crippen MR) is 103 cm³/mol. The summed E-state index contributed by atoms with van der Waals surface area (Å²) in [6, 6.07) is 0. The van der Waals surface area contributed by atoms with Crippen molar-refractivity contribution in [2.75, 3.05) is 0 Å². The molecule has 1 aliphatic rings. The molecule has 25 heavy (non-hydrogen) atoms. The van der Waals surface area contributed by atoms with Crippen LogP contribution in [0, 0.1) is 17.3 Å². The molecular weight excluding hydrogens is 314 g/mol. The van der Waals surface area contributed by atoms with Crippen LogP contribution < -0.4 is 0 Å². The first-order valence-electron chi connectivity index (χ1n) is 9.95. The van der Waals surface area contributed by atoms with Gasteiger partial charge in [-0.3, -0.25) is 4.79 Å². The zero-order chi connectivity index (χ0) is 19.6. The van der Waals surface area contributed by atoms with Gasteiger partial charge in [0.15, 0.2) is 0 Å². The Morgan fingerprint density at radius 3 is 2.08 bits per heavy atom. The van der Waals surface area contributed by atoms with Crippen LogP contribution in [0.25, 0.3) is 0 Å². The molecule has 1 heterocycles. The van der Waals surface area contributed by atoms with Crippen LogP contribution in [0.5, 0.6) is 0 Å². The van der Waals surface area contributed by atoms with Gasteiger partial charge in [-0.2, -0.15) is 5.06 Å². The van der Waals surface area contributed by atoms with Gasteiger partial charge >= 0.3 is 5.97 Å². The number of nitrogens with zero attached hydrogens (tertiary/aromatic N) is 1. The van der Waals surface area contributed by atoms with Crippen LogP contribution in [0.15, 0.2) is 0 Å². The fourth-order valence-electron chi connectivity index (χ4n) is 4.05. The number of esters is 1. The summed E-state index contributed by atoms with van der Waals surface area (Å²) in [4.78, 5) is 13.0. The van der Waals surface area contributed by atoms with Crippen molar-refractivity contribution >= 4 is 5.97 Å². The fourth-order valence-corrected chi connectivity index (χ4v) is 4.05. The van der Waals surface area contributed by atoms with E-state index in [1.807, 2.05) is 27.7 Å². The summed E-state index contributed by atoms with van der Waals surface area (Å²) < 4.78 is 6.01. The van der Waals surface area contributed by atoms with Crippen LogP contribution in [-0.2, 0) is 9.53 Å². The molecule has 0 radical (unpaired) electrons. The van der Waals surface area contributed by atoms with Gasteiger partial charge in [-0.25, -0.2) is 0 Å². The molecule has 0 aromatic carbocycles. The Kier molecular flexibility index (Phi) is 7.14. The van der Waals surface area contributed by atoms with Crippen molar-refractivity contribution in [2.45, 2.75) is 112 Å². The molecule has 0 saturated carbocycles. The number of rotatable bonds is 7. The van der Waals surface area contributed by atoms with E-state index in [1.54, 1.807) is 0 Å². The molecule has 1 fully saturated rings. The van der Waals surface area contributed by atoms with Gasteiger partial charge in [0.05, 0.1) is 5.92 Å². The first-order valence-corrected chi connectivity index (χ1v) is 9.95. The van der Waals surface area contributed by atoms with Crippen LogP contribution in [0.4, 0.5) is 0 Å². The molecule has 4 nitrogen and oxygen atoms in total. The van der Waals surface area contributed by atoms with Crippen LogP contribution in [0.2, 0.25) is 0 Å². The lowest BCUT2D eigenvalue weighted by Gasteiger charge is -2.51. The zero-order valence-electron chi connectivity index (χ0n) is 18.0. The Balaban J connectivity index is 2.89. The molecule has 1 N–H and O–H groups in total. The lowest BCUT2D eigenvalue weighted by Crippen LogP contribution is -2.60. The Bertz CT molecular complexity index is 438. The van der Waals surface area contributed by atoms with Crippen molar-refractivity contribution in [1.29, 1.82) is 0 Å². The second-order valence-electron chi connectivity index (χ2n) is 10.1. The third-order valence-electron chi connectivity index (χ3n) is 6.25. The van der Waals surface area contributed by atoms with E-state index in [0.717, 1.165) is 19.3 Å². The second kappa shape index (κ2) is 7.96. The lowest BCUT2D eigenvalue weighted by atomic mass is 9.75. The maximum absolute atomic E-state index is 13.0. The smallest absolute Gasteiger partial charge is 0.309 e. The zero-order valence-corrected chi connectivity index (χ0v) is 18.0. The van der Waals surface area contributed by atoms with Gasteiger partial charge < -0.3 is 9.94 Å². The molecule has 2 unspecified atom stereocenters. The molecule has 1 saturated heterocycles. The Morgan fingerprint density at radius 2 is 1.68 bits per heavy atom. The molecule has 0 aromatic heterocycles. The number of carbonyl (C=O) groups excluding carboxylic acids is 1. The number of ether oxygens (including phenoxy) is 1. The summed E-state index contributed by atoms with van der Waals surface area (Å²) in [5.41, 5.74) is -0.664. The minimum atomic E-state index is -0.402. The summed E-state index contributed by atoms with van der Waals surface area (Å²) in [7, 11) is 0. The standard InChI is InChI=1S/C21H41NO3/c1-10-15(3)17(14-19(4,5)11-2)18(23)25-16-12-20(6,7)22(24)21(8,9)13-16/h15-17,24H,10-14H2,1-9H3. The number of hydrogen-bond acceptors (Lipinski definition) is 4. The Hall–Kier alpha value is -0.610. The van der Waals surface area contributed by atoms with Gasteiger partial charge in [-0.1, -0.05) is 47.5 Å². The first-order chi connectivity index (χ1) is 11.3. The first kappa shape index (κ1) is 22.4. The van der Waals surface area contributed by atoms with Crippen LogP contribution in [0.1, 0.15) is 94.4 Å². The summed E-state index contributed by atoms with van der Waals surface area (Å²) in [5, 5.41) is 11.9. The van der Waals surface area contributed by atoms with Gasteiger partial charge in [-0.05, 0) is 45.4 Å². The van der Waals surface area contributed by atoms with Gasteiger partial charge in [0, 0.05) is 23.9 Å². The average molecular weight is 356 g/mol. The van der Waals surface area contributed by atoms with Crippen LogP contribution >= 0.6 is 0 Å². The Labute approximate surface area is 155 Å². The van der Waals surface area contributed by atoms with Crippen molar-refractivity contribution in [3.63, 3.8) is 0 Å². The van der Waals surface area contributed by atoms with E-state index in [0.29, 0.717) is 18.8 Å². The van der Waals surface area contributed by atoms with Crippen molar-refractivity contribution in [1.82, 2.24) is 5.06 Å². The van der Waals surface area contributed by atoms with E-state index < -0.39 is 11.1 Å². The predicted octanol–water partition coefficient (Wildman–Crippen LogP) is 5.43. The van der Waals surface area contributed by atoms with E-state index >= 15 is 0 Å². The molecule has 0 aliphatic carbocycles. The highest BCUT2D eigenvalue weighted by atomic mass is 16.5. The maximum atomic E-state index is 13.0. The molecule has 1 aliphatic heterocycles. The number of piperidine rings is 1. The second-order valence-corrected chi connectivity index (χ2v) is 10.1. The third-order valence-corrected chi connectivity index (χ3v) is 6.25. The Morgan fingerprint density at radius 1 is 1.20 bits per heavy atom. The highest BCUT2D eigenvalue weighted by molar-refractivity contribution is 5.73. The maximum Gasteiger partial charge on any atom is 0.309 e. The molecule has 0 spiro atoms. The molecule has 148 valence electrons. The fraction of sp³-hybridized carbons (Fsp3) is 0.952. The number of carbonyl (C=O) groups is 1. The minimum absolute atomic E-state index is 0.0566. The lowest BCUT2D eigenvalue weighted by molar-refractivity contribution is -0.260. The van der Waals surface area contributed by atoms with E-state index in [1.165, 1.54) is 5.06 Å². The van der Waals surface area contributed by atoms with Gasteiger partial charge in [0.1, 0.15) is 6.10 Å². The van der Waals surface area contributed by atoms with Crippen molar-refractivity contribution in [2.24, 2.45) is 17.3 Å². The van der Waals surface area contributed by atoms with Crippen molar-refractivity contribution in [3.05, 3.63) is 0 Å². The molecule has 0 bridgehead atoms. The summed E-state index contributed by atoms with van der Waals surface area (Å²) in [5.74, 6) is 0.203. The quantitative estimate of drug-likeness (QED) is 0.619. The van der Waals surface area contributed by atoms with E-state index in [2.05, 4.69) is 34.6 Å². The molecular formula is C21H41NO3. The largest absolute Gasteiger partial charge is 0.462 e. The summed E-state index contributed by atoms with van der Waals surface area (Å²) in [6.45, 7) is 18.9. The SMILES string of the molecule is CCC(C)C(CC(C)(C)CC)C(=O)OC1CC(C)(C)N(O)C(C)(C)C1. The average Bonchev–Trinajstić information content (AvgIpc) is 2.48. The van der Waals surface area contributed by atoms with Crippen molar-refractivity contribution in [3.8, 4) is 0 Å². The minimum Gasteiger partial charge on any atom is -0.462 e. The van der Waals surface area contributed by atoms with Crippen LogP contribution in [0.3, 0.4) is 0 Å². The van der Waals surface area contributed by atoms with E-state index in [4.69, 9.17) is 4.74 Å². The molecule has 4 heteroatoms. The van der Waals surface area contributed by atoms with E-state index in [9.17, 15) is 10.0 Å². The summed E-state index contributed by atoms with van der Waals surface area (Å²) in [6.07, 6.45) is 4.06. The van der Waals surface area contributed by atoms with Gasteiger partial charge in [-0.15, -0.1) is 0 Å². The molecule has 0 amide bonds. The highest BCUT2D eigenvalue weighted by Gasteiger charge is 2.47. The molecule has 0 aromatic rings. The van der Waals surface area contributed by atoms with Crippen molar-refractivity contribution < 1.29 is 14.7 Å². The van der Waals surface area contributed by atoms with E-state index in [-0.39, 0.29) is 23.4 Å². The monoisotopic (exact) mass is 355 g/mol. The number of hydroxylamine groups is 2. The summed E-state index contributed by atoms with van der Waals surface area (Å²) >= 11 is 0. The molecule has 2 atom stereocenters. The highest BCUT2D eigenvalue weighted by Crippen LogP contribution is 2.39. The van der Waals surface area contributed by atoms with Gasteiger partial charge in [0.25, 0.3) is 0 Å². The topological polar surface area (TPSA) is 49.8 Å². The number of hydrogen-bond donors (Lipinski definition) is 1.